The van der Waals surface area contributed by atoms with E-state index in [0.717, 1.165) is 29.1 Å². The molecule has 0 aromatic heterocycles. The number of hydrogen-bond donors (Lipinski definition) is 2. The van der Waals surface area contributed by atoms with Crippen molar-refractivity contribution < 1.29 is 9.13 Å². The Kier molecular flexibility index (Phi) is 4.70. The first-order valence-corrected chi connectivity index (χ1v) is 9.97. The number of methoxy groups -OCH3 is 1. The van der Waals surface area contributed by atoms with Crippen molar-refractivity contribution >= 4 is 5.69 Å². The summed E-state index contributed by atoms with van der Waals surface area (Å²) < 4.78 is 19.7. The summed E-state index contributed by atoms with van der Waals surface area (Å²) in [6.07, 6.45) is 0. The van der Waals surface area contributed by atoms with Crippen molar-refractivity contribution in [1.82, 2.24) is 10.9 Å². The molecule has 3 atom stereocenters. The van der Waals surface area contributed by atoms with Crippen molar-refractivity contribution in [3.8, 4) is 5.75 Å². The first-order chi connectivity index (χ1) is 14.2. The molecule has 0 amide bonds. The number of benzene rings is 3. The van der Waals surface area contributed by atoms with Crippen LogP contribution >= 0.6 is 0 Å². The summed E-state index contributed by atoms with van der Waals surface area (Å²) in [6, 6.07) is 23.9. The number of nitrogens with zero attached hydrogens (tertiary/aromatic N) is 1. The quantitative estimate of drug-likeness (QED) is 0.695. The minimum absolute atomic E-state index is 0.0693. The van der Waals surface area contributed by atoms with Crippen molar-refractivity contribution in [1.29, 1.82) is 0 Å². The van der Waals surface area contributed by atoms with E-state index in [-0.39, 0.29) is 23.8 Å². The van der Waals surface area contributed by atoms with Crippen LogP contribution in [0.15, 0.2) is 72.8 Å². The minimum Gasteiger partial charge on any atom is -0.496 e. The predicted octanol–water partition coefficient (Wildman–Crippen LogP) is 4.36. The van der Waals surface area contributed by atoms with Gasteiger partial charge in [0, 0.05) is 30.3 Å². The number of rotatable bonds is 4. The van der Waals surface area contributed by atoms with Gasteiger partial charge in [-0.2, -0.15) is 0 Å². The van der Waals surface area contributed by atoms with Crippen molar-refractivity contribution in [2.75, 3.05) is 18.6 Å². The molecule has 4 nitrogen and oxygen atoms in total. The Morgan fingerprint density at radius 2 is 1.72 bits per heavy atom. The van der Waals surface area contributed by atoms with Crippen LogP contribution in [0.25, 0.3) is 0 Å². The van der Waals surface area contributed by atoms with Crippen LogP contribution in [0.5, 0.6) is 5.75 Å². The van der Waals surface area contributed by atoms with Gasteiger partial charge in [0.25, 0.3) is 0 Å². The molecule has 29 heavy (non-hydrogen) atoms. The molecule has 5 heteroatoms. The lowest BCUT2D eigenvalue weighted by molar-refractivity contribution is 0.392. The molecule has 2 aliphatic heterocycles. The highest BCUT2D eigenvalue weighted by Gasteiger charge is 2.43. The van der Waals surface area contributed by atoms with Gasteiger partial charge in [0.05, 0.1) is 19.2 Å². The van der Waals surface area contributed by atoms with E-state index < -0.39 is 0 Å². The average molecular weight is 389 g/mol. The molecule has 0 spiro atoms. The molecule has 2 aliphatic rings. The first kappa shape index (κ1) is 18.2. The third-order valence-corrected chi connectivity index (χ3v) is 6.06. The summed E-state index contributed by atoms with van der Waals surface area (Å²) in [5, 5.41) is 0. The van der Waals surface area contributed by atoms with Gasteiger partial charge in [0.2, 0.25) is 0 Å². The van der Waals surface area contributed by atoms with Crippen LogP contribution in [0.1, 0.15) is 28.8 Å². The number of hydrazine groups is 1. The lowest BCUT2D eigenvalue weighted by atomic mass is 9.82. The Bertz CT molecular complexity index is 1010. The molecule has 2 N–H and O–H groups in total. The molecule has 0 bridgehead atoms. The standard InChI is InChI=1S/C24H24FN3O/c1-29-22-10-6-5-9-17(22)14-28-15-20-23(16-7-3-2-4-8-16)26-27-24(20)19-13-18(25)11-12-21(19)28/h2-13,20,23-24,26-27H,14-15H2,1H3. The zero-order valence-corrected chi connectivity index (χ0v) is 16.3. The van der Waals surface area contributed by atoms with E-state index in [9.17, 15) is 4.39 Å². The van der Waals surface area contributed by atoms with Gasteiger partial charge in [0.15, 0.2) is 0 Å². The van der Waals surface area contributed by atoms with Crippen LogP contribution in [0.2, 0.25) is 0 Å². The van der Waals surface area contributed by atoms with Crippen LogP contribution in [-0.2, 0) is 6.54 Å². The second kappa shape index (κ2) is 7.50. The third-order valence-electron chi connectivity index (χ3n) is 6.06. The molecule has 3 aromatic rings. The highest BCUT2D eigenvalue weighted by atomic mass is 19.1. The molecule has 1 saturated heterocycles. The Morgan fingerprint density at radius 1 is 0.966 bits per heavy atom. The maximum Gasteiger partial charge on any atom is 0.123 e. The lowest BCUT2D eigenvalue weighted by Gasteiger charge is -2.39. The Hall–Kier alpha value is -2.89. The molecular formula is C24H24FN3O. The predicted molar refractivity (Wildman–Crippen MR) is 112 cm³/mol. The maximum absolute atomic E-state index is 14.2. The number of anilines is 1. The second-order valence-electron chi connectivity index (χ2n) is 7.71. The Balaban J connectivity index is 1.53. The van der Waals surface area contributed by atoms with Crippen LogP contribution in [0.4, 0.5) is 10.1 Å². The number of hydrogen-bond acceptors (Lipinski definition) is 4. The van der Waals surface area contributed by atoms with Crippen molar-refractivity contribution in [2.24, 2.45) is 5.92 Å². The smallest absolute Gasteiger partial charge is 0.123 e. The monoisotopic (exact) mass is 389 g/mol. The topological polar surface area (TPSA) is 36.5 Å². The Labute approximate surface area is 170 Å². The number of para-hydroxylation sites is 1. The molecular weight excluding hydrogens is 365 g/mol. The van der Waals surface area contributed by atoms with Crippen LogP contribution in [0, 0.1) is 11.7 Å². The summed E-state index contributed by atoms with van der Waals surface area (Å²) in [5.41, 5.74) is 11.3. The van der Waals surface area contributed by atoms with E-state index in [2.05, 4.69) is 46.1 Å². The molecule has 0 radical (unpaired) electrons. The summed E-state index contributed by atoms with van der Waals surface area (Å²) in [4.78, 5) is 2.35. The lowest BCUT2D eigenvalue weighted by Crippen LogP contribution is -2.39. The van der Waals surface area contributed by atoms with Crippen molar-refractivity contribution in [3.63, 3.8) is 0 Å². The fourth-order valence-corrected chi connectivity index (χ4v) is 4.70. The average Bonchev–Trinajstić information content (AvgIpc) is 3.19. The molecule has 0 saturated carbocycles. The minimum atomic E-state index is -0.202. The van der Waals surface area contributed by atoms with Gasteiger partial charge in [0.1, 0.15) is 11.6 Å². The maximum atomic E-state index is 14.2. The van der Waals surface area contributed by atoms with E-state index in [4.69, 9.17) is 4.74 Å². The zero-order chi connectivity index (χ0) is 19.8. The molecule has 3 unspecified atom stereocenters. The van der Waals surface area contributed by atoms with Crippen LogP contribution < -0.4 is 20.5 Å². The summed E-state index contributed by atoms with van der Waals surface area (Å²) in [7, 11) is 1.70. The number of nitrogens with one attached hydrogen (secondary N) is 2. The van der Waals surface area contributed by atoms with Gasteiger partial charge < -0.3 is 9.64 Å². The number of ether oxygens (including phenoxy) is 1. The van der Waals surface area contributed by atoms with Crippen LogP contribution in [0.3, 0.4) is 0 Å². The first-order valence-electron chi connectivity index (χ1n) is 9.97. The zero-order valence-electron chi connectivity index (χ0n) is 16.3. The van der Waals surface area contributed by atoms with Crippen LogP contribution in [-0.4, -0.2) is 13.7 Å². The SMILES string of the molecule is COc1ccccc1CN1CC2C(c3ccccc3)NNC2c2cc(F)ccc21. The summed E-state index contributed by atoms with van der Waals surface area (Å²) >= 11 is 0. The van der Waals surface area contributed by atoms with Crippen molar-refractivity contribution in [3.05, 3.63) is 95.3 Å². The van der Waals surface area contributed by atoms with E-state index >= 15 is 0 Å². The van der Waals surface area contributed by atoms with Gasteiger partial charge in [-0.1, -0.05) is 48.5 Å². The highest BCUT2D eigenvalue weighted by molar-refractivity contribution is 5.59. The third kappa shape index (κ3) is 3.26. The number of fused-ring (bicyclic) bond motifs is 3. The van der Waals surface area contributed by atoms with Gasteiger partial charge in [-0.15, -0.1) is 0 Å². The fourth-order valence-electron chi connectivity index (χ4n) is 4.70. The Morgan fingerprint density at radius 3 is 2.55 bits per heavy atom. The van der Waals surface area contributed by atoms with Gasteiger partial charge in [-0.25, -0.2) is 15.2 Å². The fraction of sp³-hybridized carbons (Fsp3) is 0.250. The largest absolute Gasteiger partial charge is 0.496 e. The second-order valence-corrected chi connectivity index (χ2v) is 7.71. The molecule has 2 heterocycles. The van der Waals surface area contributed by atoms with E-state index in [0.29, 0.717) is 6.54 Å². The van der Waals surface area contributed by atoms with Gasteiger partial charge in [-0.3, -0.25) is 0 Å². The molecule has 5 rings (SSSR count). The van der Waals surface area contributed by atoms with Gasteiger partial charge in [-0.05, 0) is 35.4 Å². The number of halogens is 1. The van der Waals surface area contributed by atoms with E-state index in [1.165, 1.54) is 5.56 Å². The summed E-state index contributed by atoms with van der Waals surface area (Å²) in [5.74, 6) is 0.952. The van der Waals surface area contributed by atoms with E-state index in [1.807, 2.05) is 30.3 Å². The molecule has 1 fully saturated rings. The highest BCUT2D eigenvalue weighted by Crippen LogP contribution is 2.46. The normalized spacial score (nSPS) is 22.8. The molecule has 148 valence electrons. The van der Waals surface area contributed by atoms with Crippen molar-refractivity contribution in [2.45, 2.75) is 18.6 Å². The molecule has 3 aromatic carbocycles. The molecule has 0 aliphatic carbocycles. The summed E-state index contributed by atoms with van der Waals surface area (Å²) in [6.45, 7) is 1.58. The van der Waals surface area contributed by atoms with Gasteiger partial charge >= 0.3 is 0 Å². The van der Waals surface area contributed by atoms with E-state index in [1.54, 1.807) is 19.2 Å².